The zero-order valence-corrected chi connectivity index (χ0v) is 23.3. The number of allylic oxidation sites excluding steroid dienone is 4. The van der Waals surface area contributed by atoms with Crippen LogP contribution in [0.4, 0.5) is 11.4 Å². The second-order valence-electron chi connectivity index (χ2n) is 9.10. The number of hydrogen-bond acceptors (Lipinski definition) is 8. The highest BCUT2D eigenvalue weighted by atomic mass is 32.2. The molecule has 6 nitrogen and oxygen atoms in total. The Morgan fingerprint density at radius 3 is 1.25 bits per heavy atom. The van der Waals surface area contributed by atoms with Crippen molar-refractivity contribution in [2.24, 2.45) is 0 Å². The number of carbonyl (C=O) groups excluding carboxylic acids is 4. The van der Waals surface area contributed by atoms with Crippen molar-refractivity contribution in [2.75, 3.05) is 10.6 Å². The Balaban J connectivity index is 1.28. The van der Waals surface area contributed by atoms with E-state index in [1.807, 2.05) is 60.7 Å². The molecule has 0 spiro atoms. The lowest BCUT2D eigenvalue weighted by atomic mass is 10.1. The van der Waals surface area contributed by atoms with Crippen molar-refractivity contribution in [1.29, 1.82) is 0 Å². The maximum Gasteiger partial charge on any atom is 0.229 e. The lowest BCUT2D eigenvalue weighted by Gasteiger charge is -2.11. The number of anilines is 2. The van der Waals surface area contributed by atoms with Gasteiger partial charge >= 0.3 is 0 Å². The van der Waals surface area contributed by atoms with Gasteiger partial charge in [0.15, 0.2) is 0 Å². The highest BCUT2D eigenvalue weighted by Gasteiger charge is 2.35. The van der Waals surface area contributed by atoms with E-state index < -0.39 is 0 Å². The van der Waals surface area contributed by atoms with Gasteiger partial charge in [-0.3, -0.25) is 19.2 Å². The molecule has 0 bridgehead atoms. The molecule has 2 aliphatic rings. The number of hydrogen-bond donors (Lipinski definition) is 2. The van der Waals surface area contributed by atoms with Gasteiger partial charge in [0.05, 0.1) is 21.0 Å². The van der Waals surface area contributed by atoms with Gasteiger partial charge in [-0.15, -0.1) is 0 Å². The van der Waals surface area contributed by atoms with Crippen molar-refractivity contribution in [2.45, 2.75) is 13.8 Å². The van der Waals surface area contributed by atoms with E-state index in [1.54, 1.807) is 50.3 Å². The molecule has 0 radical (unpaired) electrons. The van der Waals surface area contributed by atoms with Gasteiger partial charge in [-0.25, -0.2) is 0 Å². The largest absolute Gasteiger partial charge is 0.358 e. The third-order valence-corrected chi connectivity index (χ3v) is 8.03. The van der Waals surface area contributed by atoms with Crippen LogP contribution in [0.5, 0.6) is 0 Å². The smallest absolute Gasteiger partial charge is 0.229 e. The van der Waals surface area contributed by atoms with Gasteiger partial charge in [-0.05, 0) is 84.9 Å². The van der Waals surface area contributed by atoms with Gasteiger partial charge in [-0.1, -0.05) is 60.7 Å². The summed E-state index contributed by atoms with van der Waals surface area (Å²) in [4.78, 5) is 51.9. The molecule has 40 heavy (non-hydrogen) atoms. The lowest BCUT2D eigenvalue weighted by Crippen LogP contribution is -2.10. The van der Waals surface area contributed by atoms with Gasteiger partial charge in [-0.2, -0.15) is 0 Å². The molecule has 0 amide bonds. The summed E-state index contributed by atoms with van der Waals surface area (Å²) in [5, 5.41) is 5.71. The molecule has 2 N–H and O–H groups in total. The minimum absolute atomic E-state index is 0.130. The first-order valence-corrected chi connectivity index (χ1v) is 14.1. The molecule has 8 heteroatoms. The Bertz CT molecular complexity index is 1530. The fourth-order valence-corrected chi connectivity index (χ4v) is 6.13. The van der Waals surface area contributed by atoms with E-state index in [1.165, 1.54) is 0 Å². The van der Waals surface area contributed by atoms with Crippen LogP contribution in [0, 0.1) is 0 Å². The first-order chi connectivity index (χ1) is 19.3. The first kappa shape index (κ1) is 27.2. The number of carbonyl (C=O) groups is 4. The van der Waals surface area contributed by atoms with E-state index in [4.69, 9.17) is 0 Å². The van der Waals surface area contributed by atoms with Crippen LogP contribution in [0.15, 0.2) is 117 Å². The molecule has 0 aromatic heterocycles. The van der Waals surface area contributed by atoms with Gasteiger partial charge in [0.1, 0.15) is 0 Å². The van der Waals surface area contributed by atoms with E-state index in [9.17, 15) is 19.2 Å². The standard InChI is InChI=1S/C32H24N2O4S2/c1-19(27-29(35)25(39-31(27)37)17-21-9-5-3-6-10-21)33-23-13-15-24(16-14-23)34-20(2)28-30(36)26(40-32(28)38)18-22-11-7-4-8-12-22/h3-18,33-34H,1-2H3/b25-17+,26-18+,27-19-,28-20+. The SMILES string of the molecule is C/C(Nc1ccc(N/C(C)=C2/C(=O)S/C(=C/c3ccccc3)C2=O)cc1)=C1/C(=O)S/C(=C/c2ccccc2)C1=O. The van der Waals surface area contributed by atoms with Crippen LogP contribution in [-0.4, -0.2) is 21.8 Å². The van der Waals surface area contributed by atoms with Crippen LogP contribution in [0.3, 0.4) is 0 Å². The van der Waals surface area contributed by atoms with E-state index in [0.717, 1.165) is 34.7 Å². The molecule has 0 atom stereocenters. The Morgan fingerprint density at radius 1 is 0.550 bits per heavy atom. The number of benzene rings is 3. The van der Waals surface area contributed by atoms with Gasteiger partial charge < -0.3 is 10.6 Å². The van der Waals surface area contributed by atoms with Crippen molar-refractivity contribution in [3.8, 4) is 0 Å². The van der Waals surface area contributed by atoms with Crippen LogP contribution < -0.4 is 10.6 Å². The third kappa shape index (κ3) is 5.93. The Morgan fingerprint density at radius 2 is 0.900 bits per heavy atom. The summed E-state index contributed by atoms with van der Waals surface area (Å²) in [6.07, 6.45) is 3.45. The molecule has 3 aromatic carbocycles. The molecule has 2 heterocycles. The Kier molecular flexibility index (Phi) is 8.00. The second-order valence-corrected chi connectivity index (χ2v) is 11.1. The first-order valence-electron chi connectivity index (χ1n) is 12.4. The summed E-state index contributed by atoms with van der Waals surface area (Å²) < 4.78 is 0. The molecule has 2 fully saturated rings. The molecule has 0 saturated carbocycles. The summed E-state index contributed by atoms with van der Waals surface area (Å²) >= 11 is 1.87. The number of Topliss-reactive ketones (excluding diaryl/α,β-unsaturated/α-hetero) is 2. The fraction of sp³-hybridized carbons (Fsp3) is 0.0625. The summed E-state index contributed by atoms with van der Waals surface area (Å²) in [6, 6.07) is 25.9. The van der Waals surface area contributed by atoms with E-state index in [2.05, 4.69) is 10.6 Å². The predicted molar refractivity (Wildman–Crippen MR) is 163 cm³/mol. The number of nitrogens with one attached hydrogen (secondary N) is 2. The molecule has 5 rings (SSSR count). The van der Waals surface area contributed by atoms with Crippen molar-refractivity contribution in [1.82, 2.24) is 0 Å². The molecule has 0 unspecified atom stereocenters. The summed E-state index contributed by atoms with van der Waals surface area (Å²) in [5.74, 6) is -0.595. The highest BCUT2D eigenvalue weighted by Crippen LogP contribution is 2.37. The van der Waals surface area contributed by atoms with Gasteiger partial charge in [0.2, 0.25) is 21.8 Å². The topological polar surface area (TPSA) is 92.3 Å². The van der Waals surface area contributed by atoms with Crippen LogP contribution in [0.2, 0.25) is 0 Å². The predicted octanol–water partition coefficient (Wildman–Crippen LogP) is 6.83. The molecule has 2 saturated heterocycles. The van der Waals surface area contributed by atoms with E-state index in [0.29, 0.717) is 32.6 Å². The maximum atomic E-state index is 12.9. The monoisotopic (exact) mass is 564 g/mol. The number of rotatable bonds is 6. The van der Waals surface area contributed by atoms with Crippen molar-refractivity contribution in [3.05, 3.63) is 128 Å². The van der Waals surface area contributed by atoms with Crippen molar-refractivity contribution >= 4 is 68.8 Å². The molecule has 2 aliphatic heterocycles. The van der Waals surface area contributed by atoms with E-state index >= 15 is 0 Å². The zero-order valence-electron chi connectivity index (χ0n) is 21.7. The molecular weight excluding hydrogens is 540 g/mol. The van der Waals surface area contributed by atoms with Gasteiger partial charge in [0.25, 0.3) is 0 Å². The average molecular weight is 565 g/mol. The maximum absolute atomic E-state index is 12.9. The quantitative estimate of drug-likeness (QED) is 0.249. The molecule has 0 aliphatic carbocycles. The number of ketones is 2. The normalized spacial score (nSPS) is 19.9. The fourth-order valence-electron chi connectivity index (χ4n) is 4.26. The molecule has 198 valence electrons. The third-order valence-electron chi connectivity index (χ3n) is 6.21. The van der Waals surface area contributed by atoms with Gasteiger partial charge in [0, 0.05) is 22.8 Å². The van der Waals surface area contributed by atoms with Crippen molar-refractivity contribution in [3.63, 3.8) is 0 Å². The van der Waals surface area contributed by atoms with Crippen LogP contribution in [-0.2, 0) is 19.2 Å². The average Bonchev–Trinajstić information content (AvgIpc) is 3.38. The summed E-state index contributed by atoms with van der Waals surface area (Å²) in [5.41, 5.74) is 4.27. The summed E-state index contributed by atoms with van der Waals surface area (Å²) in [6.45, 7) is 3.40. The minimum Gasteiger partial charge on any atom is -0.358 e. The van der Waals surface area contributed by atoms with Crippen LogP contribution >= 0.6 is 23.5 Å². The minimum atomic E-state index is -0.297. The molecular formula is C32H24N2O4S2. The second kappa shape index (κ2) is 11.8. The Labute approximate surface area is 240 Å². The van der Waals surface area contributed by atoms with Crippen molar-refractivity contribution < 1.29 is 19.2 Å². The summed E-state index contributed by atoms with van der Waals surface area (Å²) in [7, 11) is 0. The number of thioether (sulfide) groups is 2. The highest BCUT2D eigenvalue weighted by molar-refractivity contribution is 8.19. The lowest BCUT2D eigenvalue weighted by molar-refractivity contribution is -0.115. The Hall–Kier alpha value is -4.40. The van der Waals surface area contributed by atoms with E-state index in [-0.39, 0.29) is 32.9 Å². The van der Waals surface area contributed by atoms with Crippen LogP contribution in [0.1, 0.15) is 25.0 Å². The van der Waals surface area contributed by atoms with Crippen LogP contribution in [0.25, 0.3) is 12.2 Å². The molecule has 3 aromatic rings. The zero-order chi connectivity index (χ0) is 28.2.